The molecule has 0 aliphatic carbocycles. The van der Waals surface area contributed by atoms with Gasteiger partial charge in [-0.25, -0.2) is 9.97 Å². The van der Waals surface area contributed by atoms with E-state index in [1.165, 1.54) is 0 Å². The number of hydrogen-bond acceptors (Lipinski definition) is 5. The van der Waals surface area contributed by atoms with Gasteiger partial charge in [0.05, 0.1) is 6.61 Å². The molecular formula is C22H30N4O2. The van der Waals surface area contributed by atoms with Gasteiger partial charge in [-0.15, -0.1) is 0 Å². The maximum Gasteiger partial charge on any atom is 0.251 e. The number of aryl methyl sites for hydroxylation is 1. The Balaban J connectivity index is 1.54. The summed E-state index contributed by atoms with van der Waals surface area (Å²) in [6.45, 7) is 11.4. The zero-order valence-electron chi connectivity index (χ0n) is 17.3. The quantitative estimate of drug-likeness (QED) is 0.768. The summed E-state index contributed by atoms with van der Waals surface area (Å²) in [5.41, 5.74) is 2.06. The number of piperazine rings is 1. The van der Waals surface area contributed by atoms with Crippen LogP contribution in [-0.2, 0) is 16.1 Å². The number of ether oxygens (including phenoxy) is 1. The summed E-state index contributed by atoms with van der Waals surface area (Å²) >= 11 is 0. The predicted molar refractivity (Wildman–Crippen MR) is 110 cm³/mol. The van der Waals surface area contributed by atoms with E-state index in [1.807, 2.05) is 55.1 Å². The van der Waals surface area contributed by atoms with Crippen LogP contribution >= 0.6 is 0 Å². The molecule has 6 nitrogen and oxygen atoms in total. The SMILES string of the molecule is Cc1cc(N2CCN(C(=O)C(C)OCc3ccccc3)CC2)nc(C(C)C)n1. The Labute approximate surface area is 167 Å². The fourth-order valence-corrected chi connectivity index (χ4v) is 3.27. The average molecular weight is 383 g/mol. The molecule has 1 saturated heterocycles. The number of aromatic nitrogens is 2. The summed E-state index contributed by atoms with van der Waals surface area (Å²) in [5.74, 6) is 2.18. The van der Waals surface area contributed by atoms with E-state index in [1.54, 1.807) is 0 Å². The third-order valence-electron chi connectivity index (χ3n) is 4.98. The van der Waals surface area contributed by atoms with Crippen LogP contribution in [0.5, 0.6) is 0 Å². The third kappa shape index (κ3) is 5.07. The van der Waals surface area contributed by atoms with Crippen molar-refractivity contribution in [2.45, 2.75) is 46.3 Å². The van der Waals surface area contributed by atoms with Crippen molar-refractivity contribution >= 4 is 11.7 Å². The molecule has 0 N–H and O–H groups in total. The molecule has 2 heterocycles. The monoisotopic (exact) mass is 382 g/mol. The summed E-state index contributed by atoms with van der Waals surface area (Å²) in [6, 6.07) is 12.0. The number of rotatable bonds is 6. The highest BCUT2D eigenvalue weighted by Crippen LogP contribution is 2.19. The van der Waals surface area contributed by atoms with E-state index in [0.29, 0.717) is 25.6 Å². The second kappa shape index (κ2) is 9.15. The summed E-state index contributed by atoms with van der Waals surface area (Å²) in [6.07, 6.45) is -0.444. The maximum atomic E-state index is 12.7. The minimum Gasteiger partial charge on any atom is -0.364 e. The van der Waals surface area contributed by atoms with Crippen LogP contribution in [0, 0.1) is 6.92 Å². The molecule has 2 aromatic rings. The van der Waals surface area contributed by atoms with Crippen LogP contribution in [0.15, 0.2) is 36.4 Å². The van der Waals surface area contributed by atoms with Gasteiger partial charge in [0.2, 0.25) is 0 Å². The van der Waals surface area contributed by atoms with Gasteiger partial charge < -0.3 is 14.5 Å². The minimum atomic E-state index is -0.444. The molecule has 150 valence electrons. The lowest BCUT2D eigenvalue weighted by Crippen LogP contribution is -2.51. The average Bonchev–Trinajstić information content (AvgIpc) is 2.72. The molecule has 1 aromatic heterocycles. The van der Waals surface area contributed by atoms with Crippen LogP contribution in [0.1, 0.15) is 43.8 Å². The number of nitrogens with zero attached hydrogens (tertiary/aromatic N) is 4. The molecule has 0 saturated carbocycles. The van der Waals surface area contributed by atoms with Crippen molar-refractivity contribution < 1.29 is 9.53 Å². The first-order chi connectivity index (χ1) is 13.4. The van der Waals surface area contributed by atoms with Gasteiger partial charge in [-0.05, 0) is 19.4 Å². The first kappa shape index (κ1) is 20.3. The lowest BCUT2D eigenvalue weighted by Gasteiger charge is -2.36. The fraction of sp³-hybridized carbons (Fsp3) is 0.500. The summed E-state index contributed by atoms with van der Waals surface area (Å²) in [4.78, 5) is 26.1. The molecule has 1 aromatic carbocycles. The van der Waals surface area contributed by atoms with Crippen LogP contribution in [0.4, 0.5) is 5.82 Å². The number of carbonyl (C=O) groups is 1. The van der Waals surface area contributed by atoms with Crippen LogP contribution in [0.2, 0.25) is 0 Å². The van der Waals surface area contributed by atoms with Crippen molar-refractivity contribution in [3.05, 3.63) is 53.5 Å². The summed E-state index contributed by atoms with van der Waals surface area (Å²) < 4.78 is 5.79. The van der Waals surface area contributed by atoms with Gasteiger partial charge >= 0.3 is 0 Å². The number of anilines is 1. The second-order valence-corrected chi connectivity index (χ2v) is 7.63. The highest BCUT2D eigenvalue weighted by atomic mass is 16.5. The molecule has 0 bridgehead atoms. The van der Waals surface area contributed by atoms with Crippen molar-refractivity contribution in [2.24, 2.45) is 0 Å². The molecule has 0 radical (unpaired) electrons. The molecule has 28 heavy (non-hydrogen) atoms. The Morgan fingerprint density at radius 3 is 2.39 bits per heavy atom. The van der Waals surface area contributed by atoms with Crippen molar-refractivity contribution in [3.63, 3.8) is 0 Å². The second-order valence-electron chi connectivity index (χ2n) is 7.63. The van der Waals surface area contributed by atoms with Gasteiger partial charge in [0.1, 0.15) is 17.7 Å². The Kier molecular flexibility index (Phi) is 6.62. The van der Waals surface area contributed by atoms with E-state index in [9.17, 15) is 4.79 Å². The normalized spacial score (nSPS) is 15.8. The number of amides is 1. The zero-order valence-corrected chi connectivity index (χ0v) is 17.3. The molecule has 1 fully saturated rings. The third-order valence-corrected chi connectivity index (χ3v) is 4.98. The van der Waals surface area contributed by atoms with Gasteiger partial charge in [-0.3, -0.25) is 4.79 Å². The zero-order chi connectivity index (χ0) is 20.1. The van der Waals surface area contributed by atoms with Gasteiger partial charge in [-0.2, -0.15) is 0 Å². The predicted octanol–water partition coefficient (Wildman–Crippen LogP) is 3.16. The molecule has 0 spiro atoms. The van der Waals surface area contributed by atoms with E-state index in [4.69, 9.17) is 9.72 Å². The Morgan fingerprint density at radius 1 is 1.07 bits per heavy atom. The van der Waals surface area contributed by atoms with Gasteiger partial charge in [0, 0.05) is 43.9 Å². The molecule has 1 aliphatic rings. The number of carbonyl (C=O) groups excluding carboxylic acids is 1. The topological polar surface area (TPSA) is 58.6 Å². The molecular weight excluding hydrogens is 352 g/mol. The first-order valence-corrected chi connectivity index (χ1v) is 9.99. The smallest absolute Gasteiger partial charge is 0.251 e. The van der Waals surface area contributed by atoms with E-state index in [0.717, 1.165) is 36.0 Å². The Hall–Kier alpha value is -2.47. The van der Waals surface area contributed by atoms with E-state index in [2.05, 4.69) is 23.7 Å². The largest absolute Gasteiger partial charge is 0.364 e. The van der Waals surface area contributed by atoms with Gasteiger partial charge in [-0.1, -0.05) is 44.2 Å². The highest BCUT2D eigenvalue weighted by Gasteiger charge is 2.26. The van der Waals surface area contributed by atoms with Crippen LogP contribution in [-0.4, -0.2) is 53.1 Å². The van der Waals surface area contributed by atoms with E-state index >= 15 is 0 Å². The first-order valence-electron chi connectivity index (χ1n) is 9.99. The Morgan fingerprint density at radius 2 is 1.75 bits per heavy atom. The molecule has 6 heteroatoms. The molecule has 1 amide bonds. The lowest BCUT2D eigenvalue weighted by molar-refractivity contribution is -0.143. The van der Waals surface area contributed by atoms with Gasteiger partial charge in [0.25, 0.3) is 5.91 Å². The molecule has 1 unspecified atom stereocenters. The minimum absolute atomic E-state index is 0.0531. The Bertz CT molecular complexity index is 786. The fourth-order valence-electron chi connectivity index (χ4n) is 3.27. The molecule has 1 aliphatic heterocycles. The summed E-state index contributed by atoms with van der Waals surface area (Å²) in [7, 11) is 0. The van der Waals surface area contributed by atoms with Crippen molar-refractivity contribution in [1.82, 2.24) is 14.9 Å². The van der Waals surface area contributed by atoms with Crippen molar-refractivity contribution in [2.75, 3.05) is 31.1 Å². The number of benzene rings is 1. The van der Waals surface area contributed by atoms with Crippen LogP contribution in [0.25, 0.3) is 0 Å². The van der Waals surface area contributed by atoms with Crippen LogP contribution < -0.4 is 4.90 Å². The lowest BCUT2D eigenvalue weighted by atomic mass is 10.2. The van der Waals surface area contributed by atoms with Crippen molar-refractivity contribution in [1.29, 1.82) is 0 Å². The standard InChI is InChI=1S/C22H30N4O2/c1-16(2)21-23-17(3)14-20(24-21)25-10-12-26(13-11-25)22(27)18(4)28-15-19-8-6-5-7-9-19/h5-9,14,16,18H,10-13,15H2,1-4H3. The highest BCUT2D eigenvalue weighted by molar-refractivity contribution is 5.80. The molecule has 1 atom stereocenters. The summed E-state index contributed by atoms with van der Waals surface area (Å²) in [5, 5.41) is 0. The van der Waals surface area contributed by atoms with Crippen LogP contribution in [0.3, 0.4) is 0 Å². The van der Waals surface area contributed by atoms with E-state index in [-0.39, 0.29) is 5.91 Å². The van der Waals surface area contributed by atoms with E-state index < -0.39 is 6.10 Å². The van der Waals surface area contributed by atoms with Crippen molar-refractivity contribution in [3.8, 4) is 0 Å². The number of hydrogen-bond donors (Lipinski definition) is 0. The maximum absolute atomic E-state index is 12.7. The van der Waals surface area contributed by atoms with Gasteiger partial charge in [0.15, 0.2) is 0 Å². The molecule has 3 rings (SSSR count).